The van der Waals surface area contributed by atoms with Crippen molar-refractivity contribution in [2.75, 3.05) is 19.6 Å². The topological polar surface area (TPSA) is 24.1 Å². The van der Waals surface area contributed by atoms with Crippen molar-refractivity contribution in [3.8, 4) is 0 Å². The summed E-state index contributed by atoms with van der Waals surface area (Å²) in [6.45, 7) is 6.30. The van der Waals surface area contributed by atoms with E-state index in [1.54, 1.807) is 0 Å². The standard InChI is InChI=1S/C16H22N2/c1-2-10-17-11-12-18-13-15-8-5-7-14-6-3-4-9-16(14)15/h3-9,17-18H,2,10-13H2,1H3. The Morgan fingerprint density at radius 1 is 0.833 bits per heavy atom. The highest BCUT2D eigenvalue weighted by atomic mass is 14.9. The van der Waals surface area contributed by atoms with E-state index in [-0.39, 0.29) is 0 Å². The predicted molar refractivity (Wildman–Crippen MR) is 78.8 cm³/mol. The van der Waals surface area contributed by atoms with Crippen molar-refractivity contribution >= 4 is 10.8 Å². The summed E-state index contributed by atoms with van der Waals surface area (Å²) in [5.74, 6) is 0. The summed E-state index contributed by atoms with van der Waals surface area (Å²) in [5.41, 5.74) is 1.38. The first-order valence-electron chi connectivity index (χ1n) is 6.80. The van der Waals surface area contributed by atoms with Crippen molar-refractivity contribution in [1.82, 2.24) is 10.6 Å². The number of fused-ring (bicyclic) bond motifs is 1. The van der Waals surface area contributed by atoms with Gasteiger partial charge in [-0.3, -0.25) is 0 Å². The van der Waals surface area contributed by atoms with Crippen molar-refractivity contribution < 1.29 is 0 Å². The summed E-state index contributed by atoms with van der Waals surface area (Å²) in [4.78, 5) is 0. The lowest BCUT2D eigenvalue weighted by Gasteiger charge is -2.08. The Morgan fingerprint density at radius 3 is 2.50 bits per heavy atom. The van der Waals surface area contributed by atoms with Crippen LogP contribution in [0.2, 0.25) is 0 Å². The third-order valence-corrected chi connectivity index (χ3v) is 3.10. The third kappa shape index (κ3) is 3.56. The molecule has 0 unspecified atom stereocenters. The third-order valence-electron chi connectivity index (χ3n) is 3.10. The van der Waals surface area contributed by atoms with Crippen LogP contribution in [0.4, 0.5) is 0 Å². The molecule has 96 valence electrons. The Labute approximate surface area is 109 Å². The van der Waals surface area contributed by atoms with Gasteiger partial charge in [-0.2, -0.15) is 0 Å². The maximum atomic E-state index is 3.49. The molecule has 0 saturated carbocycles. The van der Waals surface area contributed by atoms with Gasteiger partial charge in [-0.1, -0.05) is 49.4 Å². The van der Waals surface area contributed by atoms with E-state index in [9.17, 15) is 0 Å². The number of benzene rings is 2. The van der Waals surface area contributed by atoms with Crippen LogP contribution in [-0.4, -0.2) is 19.6 Å². The molecule has 2 aromatic carbocycles. The number of hydrogen-bond donors (Lipinski definition) is 2. The van der Waals surface area contributed by atoms with Crippen molar-refractivity contribution in [2.45, 2.75) is 19.9 Å². The Hall–Kier alpha value is -1.38. The molecule has 0 amide bonds. The quantitative estimate of drug-likeness (QED) is 0.729. The van der Waals surface area contributed by atoms with E-state index in [0.29, 0.717) is 0 Å². The Morgan fingerprint density at radius 2 is 1.61 bits per heavy atom. The van der Waals surface area contributed by atoms with Crippen LogP contribution >= 0.6 is 0 Å². The van der Waals surface area contributed by atoms with E-state index in [1.165, 1.54) is 22.8 Å². The molecule has 0 spiro atoms. The molecule has 2 heteroatoms. The average Bonchev–Trinajstić information content (AvgIpc) is 2.43. The smallest absolute Gasteiger partial charge is 0.0212 e. The molecule has 0 fully saturated rings. The van der Waals surface area contributed by atoms with Crippen molar-refractivity contribution in [2.24, 2.45) is 0 Å². The van der Waals surface area contributed by atoms with Gasteiger partial charge in [0.25, 0.3) is 0 Å². The first-order chi connectivity index (χ1) is 8.92. The molecule has 0 saturated heterocycles. The molecular weight excluding hydrogens is 220 g/mol. The van der Waals surface area contributed by atoms with E-state index in [1.807, 2.05) is 0 Å². The van der Waals surface area contributed by atoms with Crippen LogP contribution in [-0.2, 0) is 6.54 Å². The highest BCUT2D eigenvalue weighted by Crippen LogP contribution is 2.17. The predicted octanol–water partition coefficient (Wildman–Crippen LogP) is 2.93. The Balaban J connectivity index is 1.88. The maximum absolute atomic E-state index is 3.49. The molecule has 2 aromatic rings. The van der Waals surface area contributed by atoms with Crippen LogP contribution in [0.1, 0.15) is 18.9 Å². The van der Waals surface area contributed by atoms with Gasteiger partial charge in [0.2, 0.25) is 0 Å². The molecule has 0 aliphatic heterocycles. The van der Waals surface area contributed by atoms with E-state index in [4.69, 9.17) is 0 Å². The lowest BCUT2D eigenvalue weighted by atomic mass is 10.0. The van der Waals surface area contributed by atoms with Gasteiger partial charge in [0.1, 0.15) is 0 Å². The fourth-order valence-electron chi connectivity index (χ4n) is 2.15. The molecule has 2 N–H and O–H groups in total. The highest BCUT2D eigenvalue weighted by molar-refractivity contribution is 5.85. The van der Waals surface area contributed by atoms with E-state index >= 15 is 0 Å². The molecular formula is C16H22N2. The maximum Gasteiger partial charge on any atom is 0.0212 e. The number of hydrogen-bond acceptors (Lipinski definition) is 2. The van der Waals surface area contributed by atoms with Gasteiger partial charge in [0.05, 0.1) is 0 Å². The van der Waals surface area contributed by atoms with Crippen LogP contribution in [0.25, 0.3) is 10.8 Å². The second kappa shape index (κ2) is 7.14. The van der Waals surface area contributed by atoms with E-state index in [0.717, 1.165) is 26.2 Å². The summed E-state index contributed by atoms with van der Waals surface area (Å²) in [5, 5.41) is 9.56. The van der Waals surface area contributed by atoms with Crippen LogP contribution in [0.3, 0.4) is 0 Å². The van der Waals surface area contributed by atoms with Crippen LogP contribution in [0.15, 0.2) is 42.5 Å². The van der Waals surface area contributed by atoms with Gasteiger partial charge in [-0.15, -0.1) is 0 Å². The van der Waals surface area contributed by atoms with Gasteiger partial charge in [-0.05, 0) is 29.3 Å². The molecule has 18 heavy (non-hydrogen) atoms. The minimum atomic E-state index is 0.940. The summed E-state index contributed by atoms with van der Waals surface area (Å²) >= 11 is 0. The normalized spacial score (nSPS) is 10.9. The molecule has 2 rings (SSSR count). The first kappa shape index (κ1) is 13.1. The van der Waals surface area contributed by atoms with Crippen LogP contribution < -0.4 is 10.6 Å². The molecule has 0 atom stereocenters. The van der Waals surface area contributed by atoms with Crippen molar-refractivity contribution in [3.63, 3.8) is 0 Å². The second-order valence-electron chi connectivity index (χ2n) is 4.57. The monoisotopic (exact) mass is 242 g/mol. The summed E-state index contributed by atoms with van der Waals surface area (Å²) < 4.78 is 0. The lowest BCUT2D eigenvalue weighted by molar-refractivity contribution is 0.608. The molecule has 0 aromatic heterocycles. The summed E-state index contributed by atoms with van der Waals surface area (Å²) in [6.07, 6.45) is 1.20. The van der Waals surface area contributed by atoms with Gasteiger partial charge in [0, 0.05) is 19.6 Å². The summed E-state index contributed by atoms with van der Waals surface area (Å²) in [7, 11) is 0. The van der Waals surface area contributed by atoms with Crippen LogP contribution in [0, 0.1) is 0 Å². The van der Waals surface area contributed by atoms with Gasteiger partial charge >= 0.3 is 0 Å². The van der Waals surface area contributed by atoms with Gasteiger partial charge in [-0.25, -0.2) is 0 Å². The molecule has 0 bridgehead atoms. The fourth-order valence-corrected chi connectivity index (χ4v) is 2.15. The number of rotatable bonds is 7. The van der Waals surface area contributed by atoms with Gasteiger partial charge < -0.3 is 10.6 Å². The van der Waals surface area contributed by atoms with E-state index in [2.05, 4.69) is 60.0 Å². The van der Waals surface area contributed by atoms with Crippen molar-refractivity contribution in [1.29, 1.82) is 0 Å². The highest BCUT2D eigenvalue weighted by Gasteiger charge is 1.98. The molecule has 0 heterocycles. The SMILES string of the molecule is CCCNCCNCc1cccc2ccccc12. The largest absolute Gasteiger partial charge is 0.315 e. The van der Waals surface area contributed by atoms with Crippen LogP contribution in [0.5, 0.6) is 0 Å². The zero-order valence-electron chi connectivity index (χ0n) is 11.1. The first-order valence-corrected chi connectivity index (χ1v) is 6.80. The summed E-state index contributed by atoms with van der Waals surface area (Å²) in [6, 6.07) is 15.1. The molecule has 2 nitrogen and oxygen atoms in total. The zero-order chi connectivity index (χ0) is 12.6. The minimum Gasteiger partial charge on any atom is -0.315 e. The second-order valence-corrected chi connectivity index (χ2v) is 4.57. The number of nitrogens with one attached hydrogen (secondary N) is 2. The fraction of sp³-hybridized carbons (Fsp3) is 0.375. The minimum absolute atomic E-state index is 0.940. The zero-order valence-corrected chi connectivity index (χ0v) is 11.1. The van der Waals surface area contributed by atoms with Gasteiger partial charge in [0.15, 0.2) is 0 Å². The van der Waals surface area contributed by atoms with Crippen molar-refractivity contribution in [3.05, 3.63) is 48.0 Å². The average molecular weight is 242 g/mol. The Bertz CT molecular complexity index is 474. The molecule has 0 aliphatic rings. The van der Waals surface area contributed by atoms with E-state index < -0.39 is 0 Å². The molecule has 0 radical (unpaired) electrons. The molecule has 0 aliphatic carbocycles. The Kier molecular flexibility index (Phi) is 5.18. The lowest BCUT2D eigenvalue weighted by Crippen LogP contribution is -2.27.